The molecule has 66 valence electrons. The van der Waals surface area contributed by atoms with E-state index >= 15 is 0 Å². The molecule has 0 bridgehead atoms. The summed E-state index contributed by atoms with van der Waals surface area (Å²) in [5.41, 5.74) is 1.27. The maximum Gasteiger partial charge on any atom is 0.0989 e. The van der Waals surface area contributed by atoms with Gasteiger partial charge in [-0.15, -0.1) is 0 Å². The Morgan fingerprint density at radius 1 is 1.50 bits per heavy atom. The third-order valence-corrected chi connectivity index (χ3v) is 3.28. The molecule has 2 aliphatic rings. The fraction of sp³-hybridized carbons (Fsp3) is 0.636. The Morgan fingerprint density at radius 3 is 2.67 bits per heavy atom. The van der Waals surface area contributed by atoms with Crippen LogP contribution in [0.1, 0.15) is 33.1 Å². The number of hydrogen-bond acceptors (Lipinski definition) is 1. The zero-order chi connectivity index (χ0) is 8.77. The molecule has 1 heteroatoms. The van der Waals surface area contributed by atoms with Gasteiger partial charge in [-0.2, -0.15) is 0 Å². The molecule has 2 rings (SSSR count). The second-order valence-electron chi connectivity index (χ2n) is 4.37. The lowest BCUT2D eigenvalue weighted by atomic mass is 9.76. The highest BCUT2D eigenvalue weighted by Gasteiger charge is 2.44. The van der Waals surface area contributed by atoms with Gasteiger partial charge in [0.25, 0.3) is 0 Å². The number of allylic oxidation sites excluding steroid dienone is 4. The summed E-state index contributed by atoms with van der Waals surface area (Å²) in [5, 5.41) is 9.83. The molecular formula is C11H16O. The van der Waals surface area contributed by atoms with Gasteiger partial charge in [0.1, 0.15) is 0 Å². The van der Waals surface area contributed by atoms with Crippen molar-refractivity contribution in [1.82, 2.24) is 0 Å². The van der Waals surface area contributed by atoms with Gasteiger partial charge in [-0.1, -0.05) is 18.6 Å². The minimum atomic E-state index is 0.0690. The summed E-state index contributed by atoms with van der Waals surface area (Å²) in [5.74, 6) is 1.34. The minimum Gasteiger partial charge on any atom is -0.512 e. The highest BCUT2D eigenvalue weighted by Crippen LogP contribution is 2.52. The van der Waals surface area contributed by atoms with E-state index in [2.05, 4.69) is 13.0 Å². The molecule has 1 N–H and O–H groups in total. The van der Waals surface area contributed by atoms with Crippen LogP contribution >= 0.6 is 0 Å². The van der Waals surface area contributed by atoms with E-state index in [4.69, 9.17) is 0 Å². The lowest BCUT2D eigenvalue weighted by Crippen LogP contribution is -2.23. The molecule has 12 heavy (non-hydrogen) atoms. The van der Waals surface area contributed by atoms with E-state index in [1.54, 1.807) is 0 Å². The predicted octanol–water partition coefficient (Wildman–Crippen LogP) is 3.19. The van der Waals surface area contributed by atoms with Gasteiger partial charge in [-0.3, -0.25) is 0 Å². The zero-order valence-corrected chi connectivity index (χ0v) is 7.80. The van der Waals surface area contributed by atoms with Crippen LogP contribution in [-0.4, -0.2) is 5.11 Å². The first-order valence-corrected chi connectivity index (χ1v) is 4.71. The molecule has 0 radical (unpaired) electrons. The molecule has 1 saturated carbocycles. The summed E-state index contributed by atoms with van der Waals surface area (Å²) in [6.07, 6.45) is 7.76. The van der Waals surface area contributed by atoms with Crippen LogP contribution in [0.4, 0.5) is 0 Å². The number of rotatable bonds is 1. The smallest absolute Gasteiger partial charge is 0.0989 e. The normalized spacial score (nSPS) is 35.8. The fourth-order valence-electron chi connectivity index (χ4n) is 2.01. The third kappa shape index (κ3) is 1.08. The molecule has 0 heterocycles. The highest BCUT2D eigenvalue weighted by atomic mass is 16.3. The molecule has 2 aliphatic carbocycles. The minimum absolute atomic E-state index is 0.0690. The SMILES string of the molecule is CC1=CC[C@](C)(C2CC2)C(O)=C1. The molecule has 0 unspecified atom stereocenters. The van der Waals surface area contributed by atoms with Gasteiger partial charge in [-0.05, 0) is 38.2 Å². The van der Waals surface area contributed by atoms with E-state index in [0.29, 0.717) is 5.76 Å². The topological polar surface area (TPSA) is 20.2 Å². The van der Waals surface area contributed by atoms with Crippen molar-refractivity contribution in [3.8, 4) is 0 Å². The fourth-order valence-corrected chi connectivity index (χ4v) is 2.01. The average molecular weight is 164 g/mol. The van der Waals surface area contributed by atoms with Crippen LogP contribution in [0.15, 0.2) is 23.5 Å². The van der Waals surface area contributed by atoms with Crippen molar-refractivity contribution in [2.45, 2.75) is 33.1 Å². The van der Waals surface area contributed by atoms with Crippen molar-refractivity contribution in [1.29, 1.82) is 0 Å². The first-order valence-electron chi connectivity index (χ1n) is 4.71. The van der Waals surface area contributed by atoms with Crippen LogP contribution in [0.2, 0.25) is 0 Å². The van der Waals surface area contributed by atoms with Crippen molar-refractivity contribution in [3.63, 3.8) is 0 Å². The first-order chi connectivity index (χ1) is 5.63. The average Bonchev–Trinajstić information content (AvgIpc) is 2.80. The summed E-state index contributed by atoms with van der Waals surface area (Å²) < 4.78 is 0. The Hall–Kier alpha value is -0.720. The molecule has 0 saturated heterocycles. The second-order valence-corrected chi connectivity index (χ2v) is 4.37. The van der Waals surface area contributed by atoms with E-state index in [1.807, 2.05) is 13.0 Å². The highest BCUT2D eigenvalue weighted by molar-refractivity contribution is 5.29. The lowest BCUT2D eigenvalue weighted by molar-refractivity contribution is 0.206. The maximum atomic E-state index is 9.83. The van der Waals surface area contributed by atoms with E-state index in [0.717, 1.165) is 12.3 Å². The van der Waals surface area contributed by atoms with Crippen LogP contribution in [0.25, 0.3) is 0 Å². The molecule has 1 fully saturated rings. The van der Waals surface area contributed by atoms with Crippen molar-refractivity contribution in [3.05, 3.63) is 23.5 Å². The van der Waals surface area contributed by atoms with Gasteiger partial charge in [0, 0.05) is 5.41 Å². The molecular weight excluding hydrogens is 148 g/mol. The number of aliphatic hydroxyl groups excluding tert-OH is 1. The van der Waals surface area contributed by atoms with Gasteiger partial charge in [-0.25, -0.2) is 0 Å². The van der Waals surface area contributed by atoms with Gasteiger partial charge in [0.05, 0.1) is 5.76 Å². The molecule has 0 amide bonds. The lowest BCUT2D eigenvalue weighted by Gasteiger charge is -2.30. The van der Waals surface area contributed by atoms with E-state index in [1.165, 1.54) is 18.4 Å². The zero-order valence-electron chi connectivity index (χ0n) is 7.80. The quantitative estimate of drug-likeness (QED) is 0.631. The van der Waals surface area contributed by atoms with Crippen LogP contribution in [0.5, 0.6) is 0 Å². The standard InChI is InChI=1S/C11H16O/c1-8-5-6-11(2,9-3-4-9)10(12)7-8/h5,7,9,12H,3-4,6H2,1-2H3/t11-/m1/s1. The summed E-state index contributed by atoms with van der Waals surface area (Å²) in [6, 6.07) is 0. The van der Waals surface area contributed by atoms with Gasteiger partial charge in [0.2, 0.25) is 0 Å². The van der Waals surface area contributed by atoms with Gasteiger partial charge >= 0.3 is 0 Å². The van der Waals surface area contributed by atoms with Crippen molar-refractivity contribution >= 4 is 0 Å². The van der Waals surface area contributed by atoms with Crippen LogP contribution in [0.3, 0.4) is 0 Å². The Labute approximate surface area is 73.8 Å². The molecule has 1 atom stereocenters. The monoisotopic (exact) mass is 164 g/mol. The third-order valence-electron chi connectivity index (χ3n) is 3.28. The molecule has 0 spiro atoms. The first kappa shape index (κ1) is 7.90. The van der Waals surface area contributed by atoms with Gasteiger partial charge in [0.15, 0.2) is 0 Å². The maximum absolute atomic E-state index is 9.83. The molecule has 0 aromatic rings. The number of aliphatic hydroxyl groups is 1. The molecule has 0 aromatic heterocycles. The largest absolute Gasteiger partial charge is 0.512 e. The van der Waals surface area contributed by atoms with Crippen LogP contribution in [-0.2, 0) is 0 Å². The second kappa shape index (κ2) is 2.38. The Bertz CT molecular complexity index is 258. The molecule has 0 aromatic carbocycles. The van der Waals surface area contributed by atoms with E-state index < -0.39 is 0 Å². The van der Waals surface area contributed by atoms with Gasteiger partial charge < -0.3 is 5.11 Å². The van der Waals surface area contributed by atoms with Crippen LogP contribution < -0.4 is 0 Å². The van der Waals surface area contributed by atoms with Crippen molar-refractivity contribution in [2.75, 3.05) is 0 Å². The summed E-state index contributed by atoms with van der Waals surface area (Å²) in [7, 11) is 0. The van der Waals surface area contributed by atoms with E-state index in [-0.39, 0.29) is 5.41 Å². The summed E-state index contributed by atoms with van der Waals surface area (Å²) in [6.45, 7) is 4.22. The van der Waals surface area contributed by atoms with Crippen LogP contribution in [0, 0.1) is 11.3 Å². The Balaban J connectivity index is 2.25. The molecule has 0 aliphatic heterocycles. The number of hydrogen-bond donors (Lipinski definition) is 1. The van der Waals surface area contributed by atoms with Crippen molar-refractivity contribution in [2.24, 2.45) is 11.3 Å². The Kier molecular flexibility index (Phi) is 1.57. The van der Waals surface area contributed by atoms with E-state index in [9.17, 15) is 5.11 Å². The summed E-state index contributed by atoms with van der Waals surface area (Å²) >= 11 is 0. The van der Waals surface area contributed by atoms with Crippen molar-refractivity contribution < 1.29 is 5.11 Å². The molecule has 1 nitrogen and oxygen atoms in total. The predicted molar refractivity (Wildman–Crippen MR) is 49.9 cm³/mol. The summed E-state index contributed by atoms with van der Waals surface area (Å²) in [4.78, 5) is 0. The Morgan fingerprint density at radius 2 is 2.17 bits per heavy atom.